The van der Waals surface area contributed by atoms with Gasteiger partial charge in [0.05, 0.1) is 6.20 Å². The Labute approximate surface area is 171 Å². The van der Waals surface area contributed by atoms with E-state index in [2.05, 4.69) is 22.4 Å². The zero-order valence-electron chi connectivity index (χ0n) is 16.6. The lowest BCUT2D eigenvalue weighted by Crippen LogP contribution is -2.42. The summed E-state index contributed by atoms with van der Waals surface area (Å²) >= 11 is 0. The summed E-state index contributed by atoms with van der Waals surface area (Å²) in [6, 6.07) is 20.7. The summed E-state index contributed by atoms with van der Waals surface area (Å²) in [7, 11) is 0. The number of aryl methyl sites for hydroxylation is 1. The lowest BCUT2D eigenvalue weighted by Gasteiger charge is -2.33. The number of hydrogen-bond acceptors (Lipinski definition) is 4. The predicted molar refractivity (Wildman–Crippen MR) is 115 cm³/mol. The minimum atomic E-state index is 0.234. The van der Waals surface area contributed by atoms with Gasteiger partial charge in [-0.2, -0.15) is 0 Å². The molecule has 4 rings (SSSR count). The maximum Gasteiger partial charge on any atom is 0.222 e. The van der Waals surface area contributed by atoms with Crippen LogP contribution in [-0.4, -0.2) is 34.9 Å². The van der Waals surface area contributed by atoms with Crippen molar-refractivity contribution in [2.45, 2.75) is 38.1 Å². The van der Waals surface area contributed by atoms with Crippen LogP contribution in [-0.2, 0) is 11.2 Å². The molecule has 3 aromatic rings. The fourth-order valence-electron chi connectivity index (χ4n) is 3.75. The van der Waals surface area contributed by atoms with Crippen LogP contribution in [0.15, 0.2) is 71.3 Å². The summed E-state index contributed by atoms with van der Waals surface area (Å²) in [6.07, 6.45) is 5.72. The number of para-hydroxylation sites is 1. The Morgan fingerprint density at radius 3 is 2.45 bits per heavy atom. The third kappa shape index (κ3) is 5.25. The minimum Gasteiger partial charge on any atom is -0.441 e. The molecule has 150 valence electrons. The van der Waals surface area contributed by atoms with Gasteiger partial charge in [0.2, 0.25) is 5.91 Å². The maximum absolute atomic E-state index is 12.5. The highest BCUT2D eigenvalue weighted by atomic mass is 16.4. The van der Waals surface area contributed by atoms with Gasteiger partial charge in [-0.25, -0.2) is 4.98 Å². The number of carbonyl (C=O) groups is 1. The normalized spacial score (nSPS) is 14.7. The second kappa shape index (κ2) is 9.41. The van der Waals surface area contributed by atoms with Gasteiger partial charge in [-0.1, -0.05) is 48.5 Å². The molecule has 29 heavy (non-hydrogen) atoms. The number of carbonyl (C=O) groups excluding carboxylic acids is 1. The van der Waals surface area contributed by atoms with Gasteiger partial charge in [0, 0.05) is 43.2 Å². The van der Waals surface area contributed by atoms with Crippen LogP contribution in [0.4, 0.5) is 5.69 Å². The molecule has 0 saturated carbocycles. The molecule has 0 bridgehead atoms. The number of hydrogen-bond donors (Lipinski definition) is 1. The SMILES string of the molecule is O=C(CCCc1ncc(-c2ccccc2)o1)N1CCC(Nc2ccccc2)CC1. The first-order valence-corrected chi connectivity index (χ1v) is 10.4. The topological polar surface area (TPSA) is 58.4 Å². The minimum absolute atomic E-state index is 0.234. The number of benzene rings is 2. The molecule has 0 unspecified atom stereocenters. The van der Waals surface area contributed by atoms with Crippen molar-refractivity contribution in [2.75, 3.05) is 18.4 Å². The smallest absolute Gasteiger partial charge is 0.222 e. The molecular formula is C24H27N3O2. The number of nitrogens with one attached hydrogen (secondary N) is 1. The molecule has 0 radical (unpaired) electrons. The Morgan fingerprint density at radius 2 is 1.72 bits per heavy atom. The van der Waals surface area contributed by atoms with Gasteiger partial charge < -0.3 is 14.6 Å². The number of piperidine rings is 1. The number of likely N-dealkylation sites (tertiary alicyclic amines) is 1. The summed E-state index contributed by atoms with van der Waals surface area (Å²) in [6.45, 7) is 1.64. The van der Waals surface area contributed by atoms with Crippen molar-refractivity contribution in [1.82, 2.24) is 9.88 Å². The maximum atomic E-state index is 12.5. The fourth-order valence-corrected chi connectivity index (χ4v) is 3.75. The van der Waals surface area contributed by atoms with Gasteiger partial charge in [0.1, 0.15) is 0 Å². The molecule has 1 aromatic heterocycles. The first kappa shape index (κ1) is 19.2. The first-order valence-electron chi connectivity index (χ1n) is 10.4. The van der Waals surface area contributed by atoms with Crippen molar-refractivity contribution in [2.24, 2.45) is 0 Å². The van der Waals surface area contributed by atoms with Crippen LogP contribution in [0, 0.1) is 0 Å². The largest absolute Gasteiger partial charge is 0.441 e. The summed E-state index contributed by atoms with van der Waals surface area (Å²) in [5, 5.41) is 3.56. The van der Waals surface area contributed by atoms with E-state index in [0.717, 1.165) is 49.4 Å². The average molecular weight is 389 g/mol. The number of oxazole rings is 1. The number of nitrogens with zero attached hydrogens (tertiary/aromatic N) is 2. The van der Waals surface area contributed by atoms with E-state index in [9.17, 15) is 4.79 Å². The van der Waals surface area contributed by atoms with Gasteiger partial charge in [0.25, 0.3) is 0 Å². The van der Waals surface area contributed by atoms with Crippen LogP contribution in [0.1, 0.15) is 31.6 Å². The molecule has 0 aliphatic carbocycles. The van der Waals surface area contributed by atoms with E-state index < -0.39 is 0 Å². The molecule has 1 N–H and O–H groups in total. The van der Waals surface area contributed by atoms with E-state index in [4.69, 9.17) is 4.42 Å². The van der Waals surface area contributed by atoms with E-state index in [0.29, 0.717) is 24.8 Å². The Balaban J connectivity index is 1.18. The second-order valence-electron chi connectivity index (χ2n) is 7.50. The van der Waals surface area contributed by atoms with E-state index in [-0.39, 0.29) is 5.91 Å². The van der Waals surface area contributed by atoms with Crippen LogP contribution in [0.5, 0.6) is 0 Å². The third-order valence-corrected chi connectivity index (χ3v) is 5.39. The van der Waals surface area contributed by atoms with Gasteiger partial charge in [0.15, 0.2) is 11.7 Å². The molecule has 1 aliphatic heterocycles. The standard InChI is InChI=1S/C24H27N3O2/c28-24(27-16-14-21(15-17-27)26-20-10-5-2-6-11-20)13-7-12-23-25-18-22(29-23)19-8-3-1-4-9-19/h1-6,8-11,18,21,26H,7,12-17H2. The Kier molecular flexibility index (Phi) is 6.25. The summed E-state index contributed by atoms with van der Waals surface area (Å²) in [5.41, 5.74) is 2.17. The molecule has 1 saturated heterocycles. The zero-order chi connectivity index (χ0) is 19.9. The number of rotatable bonds is 7. The van der Waals surface area contributed by atoms with E-state index in [1.807, 2.05) is 53.4 Å². The lowest BCUT2D eigenvalue weighted by atomic mass is 10.0. The summed E-state index contributed by atoms with van der Waals surface area (Å²) in [4.78, 5) is 18.9. The average Bonchev–Trinajstić information content (AvgIpc) is 3.24. The molecule has 5 nitrogen and oxygen atoms in total. The summed E-state index contributed by atoms with van der Waals surface area (Å²) in [5.74, 6) is 1.71. The van der Waals surface area contributed by atoms with E-state index in [1.165, 1.54) is 0 Å². The molecule has 1 aliphatic rings. The summed E-state index contributed by atoms with van der Waals surface area (Å²) < 4.78 is 5.82. The Hall–Kier alpha value is -3.08. The number of amides is 1. The molecule has 0 atom stereocenters. The van der Waals surface area contributed by atoms with Crippen molar-refractivity contribution >= 4 is 11.6 Å². The molecule has 5 heteroatoms. The first-order chi connectivity index (χ1) is 14.3. The van der Waals surface area contributed by atoms with Crippen LogP contribution in [0.3, 0.4) is 0 Å². The van der Waals surface area contributed by atoms with Crippen molar-refractivity contribution in [3.63, 3.8) is 0 Å². The molecule has 2 heterocycles. The molecule has 0 spiro atoms. The van der Waals surface area contributed by atoms with Gasteiger partial charge in [-0.05, 0) is 31.4 Å². The van der Waals surface area contributed by atoms with Gasteiger partial charge in [-0.3, -0.25) is 4.79 Å². The van der Waals surface area contributed by atoms with Crippen molar-refractivity contribution < 1.29 is 9.21 Å². The highest BCUT2D eigenvalue weighted by molar-refractivity contribution is 5.76. The highest BCUT2D eigenvalue weighted by Crippen LogP contribution is 2.21. The van der Waals surface area contributed by atoms with Crippen LogP contribution in [0.2, 0.25) is 0 Å². The molecule has 1 amide bonds. The molecular weight excluding hydrogens is 362 g/mol. The van der Waals surface area contributed by atoms with Crippen molar-refractivity contribution in [3.8, 4) is 11.3 Å². The third-order valence-electron chi connectivity index (χ3n) is 5.39. The number of anilines is 1. The Morgan fingerprint density at radius 1 is 1.03 bits per heavy atom. The number of aromatic nitrogens is 1. The molecule has 1 fully saturated rings. The van der Waals surface area contributed by atoms with Crippen LogP contribution in [0.25, 0.3) is 11.3 Å². The van der Waals surface area contributed by atoms with Crippen LogP contribution >= 0.6 is 0 Å². The van der Waals surface area contributed by atoms with Crippen molar-refractivity contribution in [3.05, 3.63) is 72.8 Å². The zero-order valence-corrected chi connectivity index (χ0v) is 16.6. The van der Waals surface area contributed by atoms with Gasteiger partial charge in [-0.15, -0.1) is 0 Å². The molecule has 2 aromatic carbocycles. The Bertz CT molecular complexity index is 900. The highest BCUT2D eigenvalue weighted by Gasteiger charge is 2.22. The lowest BCUT2D eigenvalue weighted by molar-refractivity contribution is -0.132. The van der Waals surface area contributed by atoms with Crippen molar-refractivity contribution in [1.29, 1.82) is 0 Å². The van der Waals surface area contributed by atoms with Gasteiger partial charge >= 0.3 is 0 Å². The quantitative estimate of drug-likeness (QED) is 0.632. The predicted octanol–water partition coefficient (Wildman–Crippen LogP) is 4.77. The van der Waals surface area contributed by atoms with E-state index in [1.54, 1.807) is 6.20 Å². The monoisotopic (exact) mass is 389 g/mol. The second-order valence-corrected chi connectivity index (χ2v) is 7.50. The van der Waals surface area contributed by atoms with Crippen LogP contribution < -0.4 is 5.32 Å². The fraction of sp³-hybridized carbons (Fsp3) is 0.333. The van der Waals surface area contributed by atoms with E-state index >= 15 is 0 Å².